The van der Waals surface area contributed by atoms with E-state index in [0.717, 1.165) is 6.07 Å². The van der Waals surface area contributed by atoms with E-state index in [4.69, 9.17) is 5.26 Å². The second-order valence-electron chi connectivity index (χ2n) is 2.75. The van der Waals surface area contributed by atoms with Gasteiger partial charge in [0.15, 0.2) is 11.6 Å². The summed E-state index contributed by atoms with van der Waals surface area (Å²) in [6.45, 7) is 0. The van der Waals surface area contributed by atoms with Gasteiger partial charge in [-0.2, -0.15) is 9.65 Å². The van der Waals surface area contributed by atoms with Crippen LogP contribution in [0, 0.1) is 23.0 Å². The van der Waals surface area contributed by atoms with Crippen molar-refractivity contribution in [3.63, 3.8) is 0 Å². The summed E-state index contributed by atoms with van der Waals surface area (Å²) in [7, 11) is 1.27. The van der Waals surface area contributed by atoms with Crippen LogP contribution in [0.3, 0.4) is 0 Å². The lowest BCUT2D eigenvalue weighted by molar-refractivity contribution is 0.371. The molecular formula is C10H9F2NO. The lowest BCUT2D eigenvalue weighted by Crippen LogP contribution is -1.95. The molecule has 0 radical (unpaired) electrons. The summed E-state index contributed by atoms with van der Waals surface area (Å²) >= 11 is 0. The number of aryl methyl sites for hydroxylation is 1. The van der Waals surface area contributed by atoms with Crippen molar-refractivity contribution in [3.05, 3.63) is 29.3 Å². The Bertz CT molecular complexity index is 371. The highest BCUT2D eigenvalue weighted by Gasteiger charge is 2.10. The standard InChI is InChI=1S/C10H9F2NO/c1-14-9-6-7(3-2-4-13)5-8(11)10(9)12/h5-6H,2-3H2,1H3. The molecule has 0 unspecified atom stereocenters. The molecule has 0 spiro atoms. The van der Waals surface area contributed by atoms with Gasteiger partial charge < -0.3 is 4.74 Å². The number of hydrogen-bond donors (Lipinski definition) is 0. The molecule has 1 aromatic carbocycles. The zero-order valence-electron chi connectivity index (χ0n) is 7.68. The number of hydrogen-bond acceptors (Lipinski definition) is 2. The van der Waals surface area contributed by atoms with Crippen LogP contribution in [0.4, 0.5) is 8.78 Å². The maximum atomic E-state index is 12.9. The molecule has 14 heavy (non-hydrogen) atoms. The number of nitrogens with zero attached hydrogens (tertiary/aromatic N) is 1. The molecule has 0 fully saturated rings. The molecule has 0 amide bonds. The number of ether oxygens (including phenoxy) is 1. The highest BCUT2D eigenvalue weighted by molar-refractivity contribution is 5.31. The summed E-state index contributed by atoms with van der Waals surface area (Å²) in [6.07, 6.45) is 0.665. The summed E-state index contributed by atoms with van der Waals surface area (Å²) in [4.78, 5) is 0. The van der Waals surface area contributed by atoms with Crippen LogP contribution in [0.2, 0.25) is 0 Å². The first-order chi connectivity index (χ1) is 6.69. The minimum atomic E-state index is -0.992. The van der Waals surface area contributed by atoms with Crippen molar-refractivity contribution in [2.45, 2.75) is 12.8 Å². The molecule has 0 N–H and O–H groups in total. The Morgan fingerprint density at radius 2 is 2.14 bits per heavy atom. The number of methoxy groups -OCH3 is 1. The monoisotopic (exact) mass is 197 g/mol. The Morgan fingerprint density at radius 3 is 2.71 bits per heavy atom. The van der Waals surface area contributed by atoms with Crippen LogP contribution < -0.4 is 4.74 Å². The maximum absolute atomic E-state index is 12.9. The number of halogens is 2. The Morgan fingerprint density at radius 1 is 1.43 bits per heavy atom. The Kier molecular flexibility index (Phi) is 3.41. The zero-order valence-corrected chi connectivity index (χ0v) is 7.68. The summed E-state index contributed by atoms with van der Waals surface area (Å²) < 4.78 is 30.5. The van der Waals surface area contributed by atoms with Crippen molar-refractivity contribution < 1.29 is 13.5 Å². The maximum Gasteiger partial charge on any atom is 0.200 e. The highest BCUT2D eigenvalue weighted by Crippen LogP contribution is 2.22. The largest absolute Gasteiger partial charge is 0.494 e. The molecule has 4 heteroatoms. The van der Waals surface area contributed by atoms with Gasteiger partial charge in [0.1, 0.15) is 0 Å². The number of rotatable bonds is 3. The van der Waals surface area contributed by atoms with Gasteiger partial charge in [-0.25, -0.2) is 4.39 Å². The Labute approximate surface area is 80.7 Å². The first-order valence-electron chi connectivity index (χ1n) is 4.08. The van der Waals surface area contributed by atoms with Gasteiger partial charge in [-0.3, -0.25) is 0 Å². The third-order valence-electron chi connectivity index (χ3n) is 1.80. The minimum absolute atomic E-state index is 0.127. The molecule has 74 valence electrons. The van der Waals surface area contributed by atoms with Crippen LogP contribution in [0.15, 0.2) is 12.1 Å². The van der Waals surface area contributed by atoms with Gasteiger partial charge in [0.25, 0.3) is 0 Å². The smallest absolute Gasteiger partial charge is 0.200 e. The normalized spacial score (nSPS) is 9.57. The fourth-order valence-electron chi connectivity index (χ4n) is 1.11. The molecule has 0 aliphatic carbocycles. The second kappa shape index (κ2) is 4.56. The van der Waals surface area contributed by atoms with E-state index >= 15 is 0 Å². The van der Waals surface area contributed by atoms with E-state index in [1.807, 2.05) is 6.07 Å². The van der Waals surface area contributed by atoms with E-state index < -0.39 is 11.6 Å². The molecule has 0 heterocycles. The van der Waals surface area contributed by atoms with Crippen LogP contribution in [0.25, 0.3) is 0 Å². The fraction of sp³-hybridized carbons (Fsp3) is 0.300. The van der Waals surface area contributed by atoms with Crippen molar-refractivity contribution in [2.24, 2.45) is 0 Å². The highest BCUT2D eigenvalue weighted by atomic mass is 19.2. The quantitative estimate of drug-likeness (QED) is 0.745. The molecule has 0 bridgehead atoms. The van der Waals surface area contributed by atoms with E-state index in [-0.39, 0.29) is 12.2 Å². The zero-order chi connectivity index (χ0) is 10.6. The molecule has 0 aromatic heterocycles. The van der Waals surface area contributed by atoms with Crippen LogP contribution in [0.5, 0.6) is 5.75 Å². The van der Waals surface area contributed by atoms with Gasteiger partial charge in [0, 0.05) is 6.42 Å². The van der Waals surface area contributed by atoms with Gasteiger partial charge in [-0.15, -0.1) is 0 Å². The van der Waals surface area contributed by atoms with E-state index in [1.165, 1.54) is 13.2 Å². The summed E-state index contributed by atoms with van der Waals surface area (Å²) in [5.41, 5.74) is 0.558. The average molecular weight is 197 g/mol. The van der Waals surface area contributed by atoms with Crippen LogP contribution in [0.1, 0.15) is 12.0 Å². The van der Waals surface area contributed by atoms with E-state index in [0.29, 0.717) is 12.0 Å². The fourth-order valence-corrected chi connectivity index (χ4v) is 1.11. The predicted octanol–water partition coefficient (Wildman–Crippen LogP) is 2.43. The van der Waals surface area contributed by atoms with Gasteiger partial charge in [-0.05, 0) is 24.1 Å². The van der Waals surface area contributed by atoms with E-state index in [1.54, 1.807) is 0 Å². The molecule has 0 aliphatic heterocycles. The number of benzene rings is 1. The SMILES string of the molecule is COc1cc(CCC#N)cc(F)c1F. The average Bonchev–Trinajstić information content (AvgIpc) is 2.19. The molecule has 2 nitrogen and oxygen atoms in total. The van der Waals surface area contributed by atoms with Crippen molar-refractivity contribution in [1.29, 1.82) is 5.26 Å². The van der Waals surface area contributed by atoms with Crippen molar-refractivity contribution in [3.8, 4) is 11.8 Å². The lowest BCUT2D eigenvalue weighted by Gasteiger charge is -2.05. The van der Waals surface area contributed by atoms with Crippen LogP contribution >= 0.6 is 0 Å². The topological polar surface area (TPSA) is 33.0 Å². The van der Waals surface area contributed by atoms with Crippen molar-refractivity contribution >= 4 is 0 Å². The van der Waals surface area contributed by atoms with Crippen LogP contribution in [-0.2, 0) is 6.42 Å². The molecule has 0 aliphatic rings. The molecule has 1 aromatic rings. The molecule has 0 saturated carbocycles. The number of nitriles is 1. The second-order valence-corrected chi connectivity index (χ2v) is 2.75. The molecule has 0 saturated heterocycles. The van der Waals surface area contributed by atoms with Crippen molar-refractivity contribution in [1.82, 2.24) is 0 Å². The van der Waals surface area contributed by atoms with Crippen LogP contribution in [-0.4, -0.2) is 7.11 Å². The van der Waals surface area contributed by atoms with Gasteiger partial charge in [-0.1, -0.05) is 0 Å². The molecule has 1 rings (SSSR count). The predicted molar refractivity (Wildman–Crippen MR) is 46.8 cm³/mol. The van der Waals surface area contributed by atoms with Gasteiger partial charge in [0.05, 0.1) is 13.2 Å². The van der Waals surface area contributed by atoms with E-state index in [9.17, 15) is 8.78 Å². The summed E-state index contributed by atoms with van der Waals surface area (Å²) in [5.74, 6) is -2.07. The van der Waals surface area contributed by atoms with Crippen molar-refractivity contribution in [2.75, 3.05) is 7.11 Å². The summed E-state index contributed by atoms with van der Waals surface area (Å²) in [5, 5.41) is 8.33. The Hall–Kier alpha value is -1.63. The first-order valence-corrected chi connectivity index (χ1v) is 4.08. The van der Waals surface area contributed by atoms with Gasteiger partial charge >= 0.3 is 0 Å². The van der Waals surface area contributed by atoms with Gasteiger partial charge in [0.2, 0.25) is 5.82 Å². The minimum Gasteiger partial charge on any atom is -0.494 e. The molecular weight excluding hydrogens is 188 g/mol. The Balaban J connectivity index is 2.98. The first kappa shape index (κ1) is 10.5. The third kappa shape index (κ3) is 2.19. The summed E-state index contributed by atoms with van der Waals surface area (Å²) in [6, 6.07) is 4.41. The molecule has 0 atom stereocenters. The third-order valence-corrected chi connectivity index (χ3v) is 1.80. The lowest BCUT2D eigenvalue weighted by atomic mass is 10.1. The van der Waals surface area contributed by atoms with E-state index in [2.05, 4.69) is 4.74 Å².